The summed E-state index contributed by atoms with van der Waals surface area (Å²) in [5, 5.41) is 11.3. The van der Waals surface area contributed by atoms with Crippen molar-refractivity contribution in [1.82, 2.24) is 31.3 Å². The van der Waals surface area contributed by atoms with E-state index in [0.717, 1.165) is 29.9 Å². The molecule has 0 aliphatic rings. The fraction of sp³-hybridized carbons (Fsp3) is 0.462. The number of hydrazine groups is 1. The Morgan fingerprint density at radius 1 is 1.19 bits per heavy atom. The maximum Gasteiger partial charge on any atom is 0.193 e. The van der Waals surface area contributed by atoms with Crippen LogP contribution in [0, 0.1) is 13.8 Å². The lowest BCUT2D eigenvalue weighted by Gasteiger charge is -2.12. The molecule has 0 atom stereocenters. The van der Waals surface area contributed by atoms with Crippen LogP contribution in [0.5, 0.6) is 0 Å². The van der Waals surface area contributed by atoms with Crippen LogP contribution in [-0.2, 0) is 6.42 Å². The number of hydrogen-bond donors (Lipinski definition) is 4. The van der Waals surface area contributed by atoms with Gasteiger partial charge in [-0.3, -0.25) is 5.43 Å². The Balaban J connectivity index is 2.63. The molecular weight excluding hydrogens is 304 g/mol. The lowest BCUT2D eigenvalue weighted by atomic mass is 10.1. The van der Waals surface area contributed by atoms with Crippen LogP contribution in [0.1, 0.15) is 23.4 Å². The van der Waals surface area contributed by atoms with E-state index in [4.69, 9.17) is 24.4 Å². The SMILES string of the molecule is C=C(CCc1c(C)nn(C(=S)NC)c1C)NNC(=S)NC. The Bertz CT molecular complexity index is 549. The van der Waals surface area contributed by atoms with Crippen LogP contribution in [-0.4, -0.2) is 34.1 Å². The van der Waals surface area contributed by atoms with Gasteiger partial charge in [-0.2, -0.15) is 5.10 Å². The predicted octanol–water partition coefficient (Wildman–Crippen LogP) is 0.897. The highest BCUT2D eigenvalue weighted by Crippen LogP contribution is 2.16. The molecule has 4 N–H and O–H groups in total. The molecule has 0 radical (unpaired) electrons. The molecule has 8 heteroatoms. The third-order valence-corrected chi connectivity index (χ3v) is 3.79. The van der Waals surface area contributed by atoms with Gasteiger partial charge in [-0.05, 0) is 56.7 Å². The average molecular weight is 326 g/mol. The van der Waals surface area contributed by atoms with Crippen LogP contribution in [0.2, 0.25) is 0 Å². The summed E-state index contributed by atoms with van der Waals surface area (Å²) in [6.45, 7) is 7.97. The van der Waals surface area contributed by atoms with Gasteiger partial charge in [0.2, 0.25) is 0 Å². The van der Waals surface area contributed by atoms with Crippen LogP contribution in [0.3, 0.4) is 0 Å². The number of thiocarbonyl (C=S) groups is 2. The van der Waals surface area contributed by atoms with Gasteiger partial charge in [0.25, 0.3) is 0 Å². The number of nitrogens with one attached hydrogen (secondary N) is 4. The zero-order valence-electron chi connectivity index (χ0n) is 12.8. The van der Waals surface area contributed by atoms with Gasteiger partial charge in [0.15, 0.2) is 10.2 Å². The number of nitrogens with zero attached hydrogens (tertiary/aromatic N) is 2. The first-order valence-electron chi connectivity index (χ1n) is 6.59. The molecule has 0 saturated heterocycles. The number of hydrogen-bond acceptors (Lipinski definition) is 4. The largest absolute Gasteiger partial charge is 0.364 e. The van der Waals surface area contributed by atoms with Crippen LogP contribution in [0.4, 0.5) is 0 Å². The lowest BCUT2D eigenvalue weighted by molar-refractivity contribution is 0.706. The summed E-state index contributed by atoms with van der Waals surface area (Å²) in [4.78, 5) is 0. The van der Waals surface area contributed by atoms with Gasteiger partial charge in [0.05, 0.1) is 5.69 Å². The summed E-state index contributed by atoms with van der Waals surface area (Å²) >= 11 is 10.2. The van der Waals surface area contributed by atoms with E-state index in [0.29, 0.717) is 10.2 Å². The van der Waals surface area contributed by atoms with Crippen molar-refractivity contribution in [1.29, 1.82) is 0 Å². The summed E-state index contributed by atoms with van der Waals surface area (Å²) in [5.41, 5.74) is 9.90. The molecule has 0 amide bonds. The zero-order valence-corrected chi connectivity index (χ0v) is 14.5. The Hall–Kier alpha value is -1.67. The summed E-state index contributed by atoms with van der Waals surface area (Å²) in [6, 6.07) is 0. The van der Waals surface area contributed by atoms with Crippen molar-refractivity contribution in [2.45, 2.75) is 26.7 Å². The number of rotatable bonds is 5. The highest BCUT2D eigenvalue weighted by atomic mass is 32.1. The second-order valence-corrected chi connectivity index (χ2v) is 5.34. The quantitative estimate of drug-likeness (QED) is 0.473. The molecule has 0 unspecified atom stereocenters. The Morgan fingerprint density at radius 3 is 2.43 bits per heavy atom. The molecule has 0 aliphatic heterocycles. The minimum atomic E-state index is 0.524. The molecule has 21 heavy (non-hydrogen) atoms. The van der Waals surface area contributed by atoms with Crippen molar-refractivity contribution < 1.29 is 0 Å². The van der Waals surface area contributed by atoms with Gasteiger partial charge in [-0.1, -0.05) is 6.58 Å². The summed E-state index contributed by atoms with van der Waals surface area (Å²) in [5.74, 6) is 0. The molecular formula is C13H22N6S2. The van der Waals surface area contributed by atoms with E-state index in [9.17, 15) is 0 Å². The minimum Gasteiger partial charge on any atom is -0.364 e. The first-order chi connectivity index (χ1) is 9.90. The van der Waals surface area contributed by atoms with Gasteiger partial charge in [0.1, 0.15) is 0 Å². The van der Waals surface area contributed by atoms with Gasteiger partial charge in [-0.15, -0.1) is 0 Å². The molecule has 1 aromatic heterocycles. The van der Waals surface area contributed by atoms with Gasteiger partial charge in [-0.25, -0.2) is 4.68 Å². The van der Waals surface area contributed by atoms with E-state index in [1.54, 1.807) is 18.8 Å². The second kappa shape index (κ2) is 7.94. The van der Waals surface area contributed by atoms with Crippen molar-refractivity contribution in [3.05, 3.63) is 29.2 Å². The Labute approximate surface area is 136 Å². The fourth-order valence-corrected chi connectivity index (χ4v) is 2.12. The smallest absolute Gasteiger partial charge is 0.193 e. The summed E-state index contributed by atoms with van der Waals surface area (Å²) in [6.07, 6.45) is 1.61. The predicted molar refractivity (Wildman–Crippen MR) is 94.1 cm³/mol. The highest BCUT2D eigenvalue weighted by molar-refractivity contribution is 7.80. The van der Waals surface area contributed by atoms with Crippen molar-refractivity contribution >= 4 is 34.7 Å². The molecule has 0 fully saturated rings. The third kappa shape index (κ3) is 4.68. The third-order valence-electron chi connectivity index (χ3n) is 3.10. The van der Waals surface area contributed by atoms with Crippen molar-refractivity contribution in [2.75, 3.05) is 14.1 Å². The number of aryl methyl sites for hydroxylation is 1. The van der Waals surface area contributed by atoms with E-state index in [-0.39, 0.29) is 0 Å². The highest BCUT2D eigenvalue weighted by Gasteiger charge is 2.13. The van der Waals surface area contributed by atoms with Crippen molar-refractivity contribution in [3.8, 4) is 0 Å². The van der Waals surface area contributed by atoms with Crippen LogP contribution < -0.4 is 21.5 Å². The topological polar surface area (TPSA) is 65.9 Å². The van der Waals surface area contributed by atoms with E-state index >= 15 is 0 Å². The first-order valence-corrected chi connectivity index (χ1v) is 7.41. The molecule has 0 spiro atoms. The molecule has 6 nitrogen and oxygen atoms in total. The second-order valence-electron chi connectivity index (χ2n) is 4.55. The van der Waals surface area contributed by atoms with E-state index in [1.165, 1.54) is 5.56 Å². The first kappa shape index (κ1) is 17.4. The number of aromatic nitrogens is 2. The zero-order chi connectivity index (χ0) is 16.0. The fourth-order valence-electron chi connectivity index (χ4n) is 1.89. The van der Waals surface area contributed by atoms with Crippen LogP contribution in [0.15, 0.2) is 12.3 Å². The van der Waals surface area contributed by atoms with Crippen molar-refractivity contribution in [2.24, 2.45) is 0 Å². The van der Waals surface area contributed by atoms with Crippen LogP contribution >= 0.6 is 24.4 Å². The molecule has 116 valence electrons. The molecule has 1 rings (SSSR count). The maximum absolute atomic E-state index is 5.23. The number of allylic oxidation sites excluding steroid dienone is 1. The molecule has 0 aliphatic carbocycles. The van der Waals surface area contributed by atoms with Crippen molar-refractivity contribution in [3.63, 3.8) is 0 Å². The lowest BCUT2D eigenvalue weighted by Crippen LogP contribution is -2.41. The Kier molecular flexibility index (Phi) is 6.57. The van der Waals surface area contributed by atoms with E-state index in [2.05, 4.69) is 33.2 Å². The minimum absolute atomic E-state index is 0.524. The standard InChI is InChI=1S/C13H22N6S2/c1-8(16-17-12(20)14-4)6-7-11-9(2)18-19(10(11)3)13(21)15-5/h16H,1,6-7H2,2-5H3,(H,15,21)(H2,14,17,20). The maximum atomic E-state index is 5.23. The van der Waals surface area contributed by atoms with Gasteiger partial charge < -0.3 is 16.1 Å². The van der Waals surface area contributed by atoms with Crippen LogP contribution in [0.25, 0.3) is 0 Å². The monoisotopic (exact) mass is 326 g/mol. The normalized spacial score (nSPS) is 9.90. The molecule has 1 aromatic rings. The molecule has 1 heterocycles. The van der Waals surface area contributed by atoms with E-state index < -0.39 is 0 Å². The van der Waals surface area contributed by atoms with E-state index in [1.807, 2.05) is 13.8 Å². The average Bonchev–Trinajstić information content (AvgIpc) is 2.76. The summed E-state index contributed by atoms with van der Waals surface area (Å²) < 4.78 is 1.75. The molecule has 0 saturated carbocycles. The molecule has 0 bridgehead atoms. The van der Waals surface area contributed by atoms with Gasteiger partial charge >= 0.3 is 0 Å². The Morgan fingerprint density at radius 2 is 1.86 bits per heavy atom. The summed E-state index contributed by atoms with van der Waals surface area (Å²) in [7, 11) is 3.55. The molecule has 0 aromatic carbocycles. The van der Waals surface area contributed by atoms with Gasteiger partial charge in [0, 0.05) is 25.5 Å².